The predicted molar refractivity (Wildman–Crippen MR) is 87.8 cm³/mol. The molecule has 1 fully saturated rings. The highest BCUT2D eigenvalue weighted by atomic mass is 28.4. The summed E-state index contributed by atoms with van der Waals surface area (Å²) in [7, 11) is -2.88. The van der Waals surface area contributed by atoms with Crippen molar-refractivity contribution >= 4 is 40.0 Å². The average Bonchev–Trinajstić information content (AvgIpc) is 2.69. The van der Waals surface area contributed by atoms with Crippen molar-refractivity contribution in [1.29, 1.82) is 5.41 Å². The normalized spacial score (nSPS) is 23.1. The molecule has 8 heteroatoms. The number of hydrogen-bond donors (Lipinski definition) is 1. The first-order valence-corrected chi connectivity index (χ1v) is 13.7. The third-order valence-corrected chi connectivity index (χ3v) is 12.6. The number of hydrogen-bond acceptors (Lipinski definition) is 5. The van der Waals surface area contributed by atoms with Crippen LogP contribution in [0.1, 0.15) is 32.6 Å². The van der Waals surface area contributed by atoms with Gasteiger partial charge in [-0.25, -0.2) is 0 Å². The maximum Gasteiger partial charge on any atom is 0.315 e. The van der Waals surface area contributed by atoms with Crippen molar-refractivity contribution in [2.45, 2.75) is 57.8 Å². The van der Waals surface area contributed by atoms with Gasteiger partial charge in [0.2, 0.25) is 0 Å². The second-order valence-electron chi connectivity index (χ2n) is 5.41. The Kier molecular flexibility index (Phi) is 7.88. The number of nitrogens with one attached hydrogen (secondary N) is 1. The first-order chi connectivity index (χ1) is 9.50. The van der Waals surface area contributed by atoms with E-state index in [4.69, 9.17) is 18.4 Å². The zero-order valence-electron chi connectivity index (χ0n) is 12.9. The molecule has 0 saturated carbocycles. The highest BCUT2D eigenvalue weighted by Crippen LogP contribution is 2.25. The van der Waals surface area contributed by atoms with E-state index in [1.165, 1.54) is 12.5 Å². The van der Waals surface area contributed by atoms with E-state index in [9.17, 15) is 4.79 Å². The van der Waals surface area contributed by atoms with E-state index in [1.807, 2.05) is 0 Å². The van der Waals surface area contributed by atoms with Gasteiger partial charge in [0.05, 0.1) is 5.92 Å². The zero-order valence-corrected chi connectivity index (χ0v) is 16.7. The van der Waals surface area contributed by atoms with E-state index in [0.717, 1.165) is 18.9 Å². The van der Waals surface area contributed by atoms with Gasteiger partial charge in [-0.15, -0.1) is 0 Å². The van der Waals surface area contributed by atoms with Crippen LogP contribution >= 0.6 is 0 Å². The fourth-order valence-corrected chi connectivity index (χ4v) is 10.5. The van der Waals surface area contributed by atoms with E-state index in [2.05, 4.69) is 20.0 Å². The van der Waals surface area contributed by atoms with Crippen molar-refractivity contribution in [1.82, 2.24) is 0 Å². The fourth-order valence-electron chi connectivity index (χ4n) is 2.37. The highest BCUT2D eigenvalue weighted by molar-refractivity contribution is 6.74. The van der Waals surface area contributed by atoms with Gasteiger partial charge >= 0.3 is 14.5 Å². The lowest BCUT2D eigenvalue weighted by atomic mass is 10.0. The van der Waals surface area contributed by atoms with Crippen molar-refractivity contribution in [3.8, 4) is 0 Å². The van der Waals surface area contributed by atoms with Crippen LogP contribution in [-0.4, -0.2) is 40.0 Å². The third-order valence-electron chi connectivity index (χ3n) is 3.53. The average molecular weight is 334 g/mol. The summed E-state index contributed by atoms with van der Waals surface area (Å²) in [5.74, 6) is -0.234. The van der Waals surface area contributed by atoms with E-state index in [0.29, 0.717) is 6.42 Å². The van der Waals surface area contributed by atoms with Gasteiger partial charge < -0.3 is 13.0 Å². The Morgan fingerprint density at radius 2 is 2.25 bits per heavy atom. The molecule has 0 aromatic heterocycles. The van der Waals surface area contributed by atoms with Crippen LogP contribution < -0.4 is 0 Å². The van der Waals surface area contributed by atoms with Crippen LogP contribution in [0, 0.1) is 11.3 Å². The van der Waals surface area contributed by atoms with Crippen LogP contribution in [-0.2, 0) is 17.8 Å². The highest BCUT2D eigenvalue weighted by Gasteiger charge is 2.33. The molecule has 116 valence electrons. The molecule has 0 aliphatic carbocycles. The summed E-state index contributed by atoms with van der Waals surface area (Å²) in [5, 5.41) is 7.37. The Morgan fingerprint density at radius 3 is 2.80 bits per heavy atom. The van der Waals surface area contributed by atoms with Crippen molar-refractivity contribution < 1.29 is 17.8 Å². The SMILES string of the molecule is CCC[SiH2]O[Si](C)(CCCC1CC(=N)OC1=O)O[SiH2]C. The maximum absolute atomic E-state index is 11.5. The minimum Gasteiger partial charge on any atom is -0.442 e. The van der Waals surface area contributed by atoms with Gasteiger partial charge in [0.1, 0.15) is 19.5 Å². The first kappa shape index (κ1) is 17.8. The minimum atomic E-state index is -1.98. The largest absolute Gasteiger partial charge is 0.442 e. The molecule has 0 aromatic carbocycles. The minimum absolute atomic E-state index is 0.115. The number of rotatable bonds is 10. The van der Waals surface area contributed by atoms with Crippen LogP contribution in [0.3, 0.4) is 0 Å². The molecule has 0 aromatic rings. The Bertz CT molecular complexity index is 343. The van der Waals surface area contributed by atoms with Crippen molar-refractivity contribution in [2.75, 3.05) is 0 Å². The van der Waals surface area contributed by atoms with E-state index < -0.39 is 28.1 Å². The molecular formula is C12H27NO4Si3. The van der Waals surface area contributed by atoms with Crippen LogP contribution in [0.15, 0.2) is 0 Å². The van der Waals surface area contributed by atoms with Crippen LogP contribution in [0.4, 0.5) is 0 Å². The molecule has 20 heavy (non-hydrogen) atoms. The summed E-state index contributed by atoms with van der Waals surface area (Å²) >= 11 is 0. The molecule has 2 atom stereocenters. The smallest absolute Gasteiger partial charge is 0.315 e. The maximum atomic E-state index is 11.5. The topological polar surface area (TPSA) is 68.6 Å². The lowest BCUT2D eigenvalue weighted by molar-refractivity contribution is -0.137. The second kappa shape index (κ2) is 8.88. The molecule has 0 radical (unpaired) electrons. The first-order valence-electron chi connectivity index (χ1n) is 7.57. The van der Waals surface area contributed by atoms with Gasteiger partial charge in [-0.3, -0.25) is 10.2 Å². The molecule has 0 bridgehead atoms. The Labute approximate surface area is 127 Å². The second-order valence-corrected chi connectivity index (χ2v) is 12.2. The predicted octanol–water partition coefficient (Wildman–Crippen LogP) is 1.46. The molecule has 1 aliphatic heterocycles. The molecule has 0 amide bonds. The molecule has 1 rings (SSSR count). The van der Waals surface area contributed by atoms with Gasteiger partial charge in [-0.1, -0.05) is 26.3 Å². The standard InChI is InChI=1S/C12H27NO4Si3/c1-4-7-19-17-20(3,16-18-2)8-5-6-10-9-11(13)15-12(10)14/h10,13H,4-9,18-19H2,1-3H3. The Hall–Kier alpha value is -0.289. The third kappa shape index (κ3) is 6.00. The number of carbonyl (C=O) groups excluding carboxylic acids is 1. The fraction of sp³-hybridized carbons (Fsp3) is 0.833. The molecule has 0 spiro atoms. The van der Waals surface area contributed by atoms with Crippen LogP contribution in [0.25, 0.3) is 0 Å². The molecular weight excluding hydrogens is 306 g/mol. The lowest BCUT2D eigenvalue weighted by Crippen LogP contribution is -2.40. The number of esters is 1. The molecule has 1 aliphatic rings. The summed E-state index contributed by atoms with van der Waals surface area (Å²) in [4.78, 5) is 11.5. The van der Waals surface area contributed by atoms with Gasteiger partial charge in [0.25, 0.3) is 0 Å². The summed E-state index contributed by atoms with van der Waals surface area (Å²) in [6.45, 7) is 6.50. The van der Waals surface area contributed by atoms with E-state index in [1.54, 1.807) is 0 Å². The monoisotopic (exact) mass is 333 g/mol. The summed E-state index contributed by atoms with van der Waals surface area (Å²) in [6, 6.07) is 2.17. The lowest BCUT2D eigenvalue weighted by Gasteiger charge is -2.28. The summed E-state index contributed by atoms with van der Waals surface area (Å²) in [6.07, 6.45) is 3.38. The van der Waals surface area contributed by atoms with Crippen molar-refractivity contribution in [3.63, 3.8) is 0 Å². The Morgan fingerprint density at radius 1 is 1.50 bits per heavy atom. The molecule has 2 unspecified atom stereocenters. The quantitative estimate of drug-likeness (QED) is 0.373. The molecule has 1 saturated heterocycles. The van der Waals surface area contributed by atoms with Crippen molar-refractivity contribution in [3.05, 3.63) is 0 Å². The molecule has 5 nitrogen and oxygen atoms in total. The molecule has 1 N–H and O–H groups in total. The van der Waals surface area contributed by atoms with Gasteiger partial charge in [0, 0.05) is 6.42 Å². The number of cyclic esters (lactones) is 1. The number of ether oxygens (including phenoxy) is 1. The van der Waals surface area contributed by atoms with E-state index >= 15 is 0 Å². The van der Waals surface area contributed by atoms with Gasteiger partial charge in [0.15, 0.2) is 5.90 Å². The summed E-state index contributed by atoms with van der Waals surface area (Å²) < 4.78 is 17.0. The van der Waals surface area contributed by atoms with Gasteiger partial charge in [-0.2, -0.15) is 0 Å². The Balaban J connectivity index is 2.34. The summed E-state index contributed by atoms with van der Waals surface area (Å²) in [5.41, 5.74) is 0. The van der Waals surface area contributed by atoms with Crippen LogP contribution in [0.5, 0.6) is 0 Å². The molecule has 1 heterocycles. The number of carbonyl (C=O) groups is 1. The zero-order chi connectivity index (χ0) is 15.0. The van der Waals surface area contributed by atoms with Crippen LogP contribution in [0.2, 0.25) is 25.2 Å². The van der Waals surface area contributed by atoms with Gasteiger partial charge in [-0.05, 0) is 25.1 Å². The van der Waals surface area contributed by atoms with Crippen molar-refractivity contribution in [2.24, 2.45) is 5.92 Å². The van der Waals surface area contributed by atoms with E-state index in [-0.39, 0.29) is 17.8 Å².